The van der Waals surface area contributed by atoms with E-state index in [0.29, 0.717) is 0 Å². The molecule has 0 aromatic rings. The predicted octanol–water partition coefficient (Wildman–Crippen LogP) is 3.70. The van der Waals surface area contributed by atoms with Crippen molar-refractivity contribution in [2.45, 2.75) is 39.5 Å². The normalized spacial score (nSPS) is 16.6. The molecule has 0 saturated heterocycles. The molecule has 0 atom stereocenters. The zero-order chi connectivity index (χ0) is 7.66. The minimum atomic E-state index is 1.32. The molecule has 0 radical (unpaired) electrons. The van der Waals surface area contributed by atoms with E-state index in [-0.39, 0.29) is 0 Å². The van der Waals surface area contributed by atoms with Crippen molar-refractivity contribution < 1.29 is 0 Å². The highest BCUT2D eigenvalue weighted by molar-refractivity contribution is 4.85. The van der Waals surface area contributed by atoms with Crippen LogP contribution in [0.25, 0.3) is 0 Å². The van der Waals surface area contributed by atoms with Crippen molar-refractivity contribution >= 4 is 0 Å². The molecule has 0 aromatic carbocycles. The van der Waals surface area contributed by atoms with E-state index in [1.807, 2.05) is 26.0 Å². The van der Waals surface area contributed by atoms with Crippen LogP contribution in [0.15, 0.2) is 24.3 Å². The Balaban J connectivity index is 0.000000180. The van der Waals surface area contributed by atoms with Crippen molar-refractivity contribution in [2.24, 2.45) is 0 Å². The van der Waals surface area contributed by atoms with Crippen LogP contribution in [0.3, 0.4) is 0 Å². The number of rotatable bonds is 0. The van der Waals surface area contributed by atoms with E-state index in [1.165, 1.54) is 25.7 Å². The molecule has 0 aliphatic heterocycles. The molecule has 1 aliphatic carbocycles. The molecule has 0 spiro atoms. The smallest absolute Gasteiger partial charge is 0.0351 e. The summed E-state index contributed by atoms with van der Waals surface area (Å²) in [6, 6.07) is 0. The molecule has 0 aromatic heterocycles. The Hall–Kier alpha value is -0.520. The Morgan fingerprint density at radius 2 is 1.30 bits per heavy atom. The van der Waals surface area contributed by atoms with E-state index in [0.717, 1.165) is 0 Å². The van der Waals surface area contributed by atoms with Gasteiger partial charge in [-0.2, -0.15) is 0 Å². The van der Waals surface area contributed by atoms with E-state index >= 15 is 0 Å². The van der Waals surface area contributed by atoms with Crippen LogP contribution in [0.1, 0.15) is 39.5 Å². The van der Waals surface area contributed by atoms with Crippen molar-refractivity contribution in [1.29, 1.82) is 0 Å². The Morgan fingerprint density at radius 1 is 0.900 bits per heavy atom. The van der Waals surface area contributed by atoms with Gasteiger partial charge in [-0.15, -0.1) is 0 Å². The Kier molecular flexibility index (Phi) is 8.04. The maximum Gasteiger partial charge on any atom is -0.0351 e. The summed E-state index contributed by atoms with van der Waals surface area (Å²) in [6.07, 6.45) is 14.0. The molecule has 0 fully saturated rings. The third-order valence-corrected chi connectivity index (χ3v) is 1.49. The van der Waals surface area contributed by atoms with Gasteiger partial charge in [0.15, 0.2) is 0 Å². The molecule has 0 heterocycles. The maximum absolute atomic E-state index is 2.27. The van der Waals surface area contributed by atoms with Crippen LogP contribution in [0, 0.1) is 0 Å². The molecule has 0 amide bonds. The third kappa shape index (κ3) is 7.48. The third-order valence-electron chi connectivity index (χ3n) is 1.49. The van der Waals surface area contributed by atoms with Gasteiger partial charge in [-0.1, -0.05) is 24.3 Å². The number of allylic oxidation sites excluding steroid dienone is 4. The van der Waals surface area contributed by atoms with Gasteiger partial charge in [-0.05, 0) is 39.5 Å². The molecule has 0 unspecified atom stereocenters. The van der Waals surface area contributed by atoms with E-state index in [1.54, 1.807) is 0 Å². The Morgan fingerprint density at radius 3 is 1.40 bits per heavy atom. The van der Waals surface area contributed by atoms with E-state index in [9.17, 15) is 0 Å². The summed E-state index contributed by atoms with van der Waals surface area (Å²) in [4.78, 5) is 0. The zero-order valence-corrected chi connectivity index (χ0v) is 7.14. The molecule has 1 rings (SSSR count). The summed E-state index contributed by atoms with van der Waals surface area (Å²) in [5.41, 5.74) is 0. The van der Waals surface area contributed by atoms with Crippen LogP contribution in [0.5, 0.6) is 0 Å². The molecule has 10 heavy (non-hydrogen) atoms. The van der Waals surface area contributed by atoms with Crippen LogP contribution in [0.4, 0.5) is 0 Å². The fraction of sp³-hybridized carbons (Fsp3) is 0.600. The summed E-state index contributed by atoms with van der Waals surface area (Å²) >= 11 is 0. The van der Waals surface area contributed by atoms with Gasteiger partial charge in [0.25, 0.3) is 0 Å². The van der Waals surface area contributed by atoms with Crippen molar-refractivity contribution in [1.82, 2.24) is 0 Å². The zero-order valence-electron chi connectivity index (χ0n) is 7.14. The molecule has 58 valence electrons. The summed E-state index contributed by atoms with van der Waals surface area (Å²) < 4.78 is 0. The monoisotopic (exact) mass is 138 g/mol. The first kappa shape index (κ1) is 9.48. The van der Waals surface area contributed by atoms with Gasteiger partial charge in [0.1, 0.15) is 0 Å². The first-order valence-corrected chi connectivity index (χ1v) is 4.14. The second kappa shape index (κ2) is 8.48. The highest BCUT2D eigenvalue weighted by atomic mass is 13.9. The van der Waals surface area contributed by atoms with Gasteiger partial charge in [0, 0.05) is 0 Å². The van der Waals surface area contributed by atoms with Crippen LogP contribution in [-0.2, 0) is 0 Å². The van der Waals surface area contributed by atoms with E-state index < -0.39 is 0 Å². The minimum Gasteiger partial charge on any atom is -0.0919 e. The molecule has 0 saturated carbocycles. The van der Waals surface area contributed by atoms with Crippen molar-refractivity contribution in [3.05, 3.63) is 24.3 Å². The second-order valence-electron chi connectivity index (χ2n) is 2.42. The maximum atomic E-state index is 2.27. The summed E-state index contributed by atoms with van der Waals surface area (Å²) in [5, 5.41) is 0. The quantitative estimate of drug-likeness (QED) is 0.448. The van der Waals surface area contributed by atoms with Gasteiger partial charge in [-0.25, -0.2) is 0 Å². The second-order valence-corrected chi connectivity index (χ2v) is 2.42. The molecule has 0 heteroatoms. The summed E-state index contributed by atoms with van der Waals surface area (Å²) in [7, 11) is 0. The largest absolute Gasteiger partial charge is 0.0919 e. The molecule has 0 bridgehead atoms. The molecular formula is C10H18. The predicted molar refractivity (Wildman–Crippen MR) is 48.1 cm³/mol. The molecule has 0 nitrogen and oxygen atoms in total. The van der Waals surface area contributed by atoms with Crippen molar-refractivity contribution in [2.75, 3.05) is 0 Å². The lowest BCUT2D eigenvalue weighted by Gasteiger charge is -1.97. The van der Waals surface area contributed by atoms with Gasteiger partial charge in [-0.3, -0.25) is 0 Å². The van der Waals surface area contributed by atoms with E-state index in [2.05, 4.69) is 12.2 Å². The van der Waals surface area contributed by atoms with Gasteiger partial charge < -0.3 is 0 Å². The Bertz CT molecular complexity index is 86.6. The highest BCUT2D eigenvalue weighted by Crippen LogP contribution is 2.07. The topological polar surface area (TPSA) is 0 Å². The van der Waals surface area contributed by atoms with E-state index in [4.69, 9.17) is 0 Å². The minimum absolute atomic E-state index is 1.32. The van der Waals surface area contributed by atoms with Crippen molar-refractivity contribution in [3.63, 3.8) is 0 Å². The molecule has 1 aliphatic rings. The lowest BCUT2D eigenvalue weighted by atomic mass is 10.1. The summed E-state index contributed by atoms with van der Waals surface area (Å²) in [5.74, 6) is 0. The van der Waals surface area contributed by atoms with Gasteiger partial charge in [0.2, 0.25) is 0 Å². The van der Waals surface area contributed by atoms with Crippen LogP contribution >= 0.6 is 0 Å². The Labute approximate surface area is 64.6 Å². The first-order valence-electron chi connectivity index (χ1n) is 4.14. The average Bonchev–Trinajstić information content (AvgIpc) is 2.08. The fourth-order valence-electron chi connectivity index (χ4n) is 0.760. The van der Waals surface area contributed by atoms with Crippen LogP contribution < -0.4 is 0 Å². The average molecular weight is 138 g/mol. The number of hydrogen-bond acceptors (Lipinski definition) is 0. The molecule has 0 N–H and O–H groups in total. The SMILES string of the molecule is C1=CCCCC1.CC=CC. The lowest BCUT2D eigenvalue weighted by Crippen LogP contribution is -1.77. The van der Waals surface area contributed by atoms with Crippen LogP contribution in [0.2, 0.25) is 0 Å². The summed E-state index contributed by atoms with van der Waals surface area (Å²) in [6.45, 7) is 4.00. The number of hydrogen-bond donors (Lipinski definition) is 0. The first-order chi connectivity index (χ1) is 4.91. The van der Waals surface area contributed by atoms with Gasteiger partial charge in [0.05, 0.1) is 0 Å². The van der Waals surface area contributed by atoms with Crippen LogP contribution in [-0.4, -0.2) is 0 Å². The van der Waals surface area contributed by atoms with Crippen molar-refractivity contribution in [3.8, 4) is 0 Å². The molecular weight excluding hydrogens is 120 g/mol. The van der Waals surface area contributed by atoms with Gasteiger partial charge >= 0.3 is 0 Å². The fourth-order valence-corrected chi connectivity index (χ4v) is 0.760. The highest BCUT2D eigenvalue weighted by Gasteiger charge is 1.87. The lowest BCUT2D eigenvalue weighted by molar-refractivity contribution is 0.730. The standard InChI is InChI=1S/C6H10.C4H8/c1-2-4-6-5-3-1;1-3-4-2/h1-2H,3-6H2;3-4H,1-2H3.